The number of fused-ring (bicyclic) bond motifs is 1. The van der Waals surface area contributed by atoms with E-state index in [1.165, 1.54) is 21.4 Å². The number of hydrogen-bond acceptors (Lipinski definition) is 2. The van der Waals surface area contributed by atoms with Gasteiger partial charge < -0.3 is 5.11 Å². The van der Waals surface area contributed by atoms with Crippen LogP contribution >= 0.6 is 11.3 Å². The van der Waals surface area contributed by atoms with Gasteiger partial charge in [0.2, 0.25) is 0 Å². The number of hydrogen-bond donors (Lipinski definition) is 1. The first kappa shape index (κ1) is 7.62. The van der Waals surface area contributed by atoms with Crippen LogP contribution in [0.25, 0.3) is 10.1 Å². The third kappa shape index (κ3) is 0.994. The lowest BCUT2D eigenvalue weighted by Gasteiger charge is -1.92. The lowest BCUT2D eigenvalue weighted by atomic mass is 10.1. The molecule has 0 saturated carbocycles. The van der Waals surface area contributed by atoms with Gasteiger partial charge in [-0.25, -0.2) is 0 Å². The molecule has 12 heavy (non-hydrogen) atoms. The van der Waals surface area contributed by atoms with E-state index < -0.39 is 0 Å². The lowest BCUT2D eigenvalue weighted by molar-refractivity contribution is 0.485. The summed E-state index contributed by atoms with van der Waals surface area (Å²) in [5.74, 6) is 0. The Kier molecular flexibility index (Phi) is 1.77. The molecule has 0 aliphatic heterocycles. The van der Waals surface area contributed by atoms with Gasteiger partial charge in [0.1, 0.15) is 0 Å². The molecule has 0 bridgehead atoms. The van der Waals surface area contributed by atoms with Crippen molar-refractivity contribution in [3.8, 4) is 5.06 Å². The Morgan fingerprint density at radius 1 is 1.33 bits per heavy atom. The monoisotopic (exact) mass is 178 g/mol. The molecule has 1 nitrogen and oxygen atoms in total. The van der Waals surface area contributed by atoms with Gasteiger partial charge in [-0.1, -0.05) is 36.5 Å². The Balaban J connectivity index is 2.81. The summed E-state index contributed by atoms with van der Waals surface area (Å²) in [6, 6.07) is 8.11. The van der Waals surface area contributed by atoms with Crippen molar-refractivity contribution in [1.82, 2.24) is 0 Å². The molecule has 0 aliphatic carbocycles. The minimum Gasteiger partial charge on any atom is -0.499 e. The van der Waals surface area contributed by atoms with Gasteiger partial charge in [-0.3, -0.25) is 0 Å². The Bertz CT molecular complexity index is 403. The summed E-state index contributed by atoms with van der Waals surface area (Å²) in [4.78, 5) is 0. The average Bonchev–Trinajstić information content (AvgIpc) is 2.40. The molecule has 1 aromatic heterocycles. The molecule has 0 saturated heterocycles. The largest absolute Gasteiger partial charge is 0.499 e. The zero-order chi connectivity index (χ0) is 8.55. The van der Waals surface area contributed by atoms with Crippen molar-refractivity contribution in [2.45, 2.75) is 13.3 Å². The van der Waals surface area contributed by atoms with Crippen LogP contribution in [0.5, 0.6) is 5.06 Å². The van der Waals surface area contributed by atoms with E-state index in [0.29, 0.717) is 5.06 Å². The van der Waals surface area contributed by atoms with Crippen LogP contribution in [0.15, 0.2) is 24.3 Å². The van der Waals surface area contributed by atoms with Crippen LogP contribution in [0.2, 0.25) is 0 Å². The summed E-state index contributed by atoms with van der Waals surface area (Å²) in [7, 11) is 0. The van der Waals surface area contributed by atoms with Crippen molar-refractivity contribution >= 4 is 21.4 Å². The molecule has 2 heteroatoms. The SMILES string of the molecule is CCc1c(O)sc2ccccc12. The third-order valence-electron chi connectivity index (χ3n) is 2.03. The van der Waals surface area contributed by atoms with Crippen molar-refractivity contribution in [2.24, 2.45) is 0 Å². The summed E-state index contributed by atoms with van der Waals surface area (Å²) >= 11 is 1.46. The lowest BCUT2D eigenvalue weighted by Crippen LogP contribution is -1.75. The summed E-state index contributed by atoms with van der Waals surface area (Å²) in [5.41, 5.74) is 1.08. The Labute approximate surface area is 75.3 Å². The van der Waals surface area contributed by atoms with Crippen LogP contribution in [0, 0.1) is 0 Å². The van der Waals surface area contributed by atoms with Crippen LogP contribution in [0.4, 0.5) is 0 Å². The number of rotatable bonds is 1. The van der Waals surface area contributed by atoms with Gasteiger partial charge in [-0.05, 0) is 17.9 Å². The van der Waals surface area contributed by atoms with Crippen molar-refractivity contribution in [3.05, 3.63) is 29.8 Å². The van der Waals surface area contributed by atoms with E-state index in [1.54, 1.807) is 0 Å². The quantitative estimate of drug-likeness (QED) is 0.711. The first-order valence-corrected chi connectivity index (χ1v) is 4.84. The maximum absolute atomic E-state index is 9.55. The zero-order valence-corrected chi connectivity index (χ0v) is 7.69. The van der Waals surface area contributed by atoms with Gasteiger partial charge in [0.25, 0.3) is 0 Å². The second-order valence-corrected chi connectivity index (χ2v) is 3.77. The summed E-state index contributed by atoms with van der Waals surface area (Å²) < 4.78 is 1.17. The Morgan fingerprint density at radius 3 is 2.83 bits per heavy atom. The standard InChI is InChI=1S/C10H10OS/c1-2-7-8-5-3-4-6-9(8)12-10(7)11/h3-6,11H,2H2,1H3. The third-order valence-corrected chi connectivity index (χ3v) is 3.05. The van der Waals surface area contributed by atoms with Crippen LogP contribution in [0.3, 0.4) is 0 Å². The normalized spacial score (nSPS) is 10.8. The number of aryl methyl sites for hydroxylation is 1. The van der Waals surface area contributed by atoms with Crippen LogP contribution in [0.1, 0.15) is 12.5 Å². The minimum absolute atomic E-state index is 0.471. The van der Waals surface area contributed by atoms with Gasteiger partial charge in [0, 0.05) is 10.3 Å². The van der Waals surface area contributed by atoms with E-state index in [1.807, 2.05) is 18.2 Å². The second kappa shape index (κ2) is 2.79. The van der Waals surface area contributed by atoms with Crippen molar-refractivity contribution in [2.75, 3.05) is 0 Å². The van der Waals surface area contributed by atoms with Gasteiger partial charge in [0.05, 0.1) is 0 Å². The van der Waals surface area contributed by atoms with Crippen molar-refractivity contribution < 1.29 is 5.11 Å². The number of benzene rings is 1. The van der Waals surface area contributed by atoms with E-state index in [-0.39, 0.29) is 0 Å². The molecule has 0 amide bonds. The molecule has 62 valence electrons. The molecule has 0 aliphatic rings. The highest BCUT2D eigenvalue weighted by Crippen LogP contribution is 2.36. The molecule has 0 fully saturated rings. The predicted octanol–water partition coefficient (Wildman–Crippen LogP) is 3.17. The van der Waals surface area contributed by atoms with Gasteiger partial charge in [-0.2, -0.15) is 0 Å². The summed E-state index contributed by atoms with van der Waals surface area (Å²) in [5, 5.41) is 11.2. The smallest absolute Gasteiger partial charge is 0.175 e. The molecule has 1 heterocycles. The Morgan fingerprint density at radius 2 is 2.08 bits per heavy atom. The number of thiophene rings is 1. The molecule has 1 N–H and O–H groups in total. The molecule has 0 unspecified atom stereocenters. The fourth-order valence-electron chi connectivity index (χ4n) is 1.43. The molecule has 2 aromatic rings. The Hall–Kier alpha value is -1.02. The predicted molar refractivity (Wildman–Crippen MR) is 52.9 cm³/mol. The van der Waals surface area contributed by atoms with Crippen LogP contribution in [-0.4, -0.2) is 5.11 Å². The van der Waals surface area contributed by atoms with Crippen molar-refractivity contribution in [3.63, 3.8) is 0 Å². The van der Waals surface area contributed by atoms with E-state index in [0.717, 1.165) is 12.0 Å². The maximum atomic E-state index is 9.55. The van der Waals surface area contributed by atoms with Gasteiger partial charge in [-0.15, -0.1) is 0 Å². The second-order valence-electron chi connectivity index (χ2n) is 2.74. The molecule has 2 rings (SSSR count). The van der Waals surface area contributed by atoms with E-state index in [2.05, 4.69) is 13.0 Å². The molecular formula is C10H10OS. The highest BCUT2D eigenvalue weighted by atomic mass is 32.1. The summed E-state index contributed by atoms with van der Waals surface area (Å²) in [6.45, 7) is 2.06. The zero-order valence-electron chi connectivity index (χ0n) is 6.87. The highest BCUT2D eigenvalue weighted by Gasteiger charge is 2.07. The fourth-order valence-corrected chi connectivity index (χ4v) is 2.46. The van der Waals surface area contributed by atoms with E-state index >= 15 is 0 Å². The first-order chi connectivity index (χ1) is 5.83. The van der Waals surface area contributed by atoms with E-state index in [9.17, 15) is 5.11 Å². The number of aromatic hydroxyl groups is 1. The van der Waals surface area contributed by atoms with Crippen LogP contribution in [-0.2, 0) is 6.42 Å². The first-order valence-electron chi connectivity index (χ1n) is 4.02. The molecule has 0 radical (unpaired) electrons. The average molecular weight is 178 g/mol. The van der Waals surface area contributed by atoms with Gasteiger partial charge >= 0.3 is 0 Å². The van der Waals surface area contributed by atoms with E-state index in [4.69, 9.17) is 0 Å². The fraction of sp³-hybridized carbons (Fsp3) is 0.200. The highest BCUT2D eigenvalue weighted by molar-refractivity contribution is 7.20. The summed E-state index contributed by atoms with van der Waals surface area (Å²) in [6.07, 6.45) is 0.899. The maximum Gasteiger partial charge on any atom is 0.175 e. The topological polar surface area (TPSA) is 20.2 Å². The minimum atomic E-state index is 0.471. The van der Waals surface area contributed by atoms with Crippen molar-refractivity contribution in [1.29, 1.82) is 0 Å². The molecule has 0 spiro atoms. The molecule has 0 atom stereocenters. The molecule has 1 aromatic carbocycles. The molecular weight excluding hydrogens is 168 g/mol. The van der Waals surface area contributed by atoms with Crippen LogP contribution < -0.4 is 0 Å². The van der Waals surface area contributed by atoms with Gasteiger partial charge in [0.15, 0.2) is 5.06 Å².